The number of thioether (sulfide) groups is 1. The van der Waals surface area contributed by atoms with Crippen molar-refractivity contribution in [2.75, 3.05) is 26.5 Å². The molecule has 0 radical (unpaired) electrons. The highest BCUT2D eigenvalue weighted by molar-refractivity contribution is 8.00. The minimum absolute atomic E-state index is 0.0188. The molecule has 0 aliphatic carbocycles. The molecule has 1 aliphatic heterocycles. The van der Waals surface area contributed by atoms with Crippen LogP contribution in [-0.4, -0.2) is 42.3 Å². The lowest BCUT2D eigenvalue weighted by Gasteiger charge is -2.29. The molecule has 0 atom stereocenters. The molecule has 0 fully saturated rings. The Labute approximate surface area is 222 Å². The van der Waals surface area contributed by atoms with E-state index in [1.165, 1.54) is 17.3 Å². The zero-order valence-corrected chi connectivity index (χ0v) is 22.3. The minimum Gasteiger partial charge on any atom is -0.493 e. The van der Waals surface area contributed by atoms with Crippen molar-refractivity contribution in [3.63, 3.8) is 0 Å². The first-order valence-corrected chi connectivity index (χ1v) is 14.0. The van der Waals surface area contributed by atoms with Gasteiger partial charge in [0.05, 0.1) is 36.1 Å². The van der Waals surface area contributed by atoms with E-state index in [-0.39, 0.29) is 11.7 Å². The zero-order chi connectivity index (χ0) is 25.1. The summed E-state index contributed by atoms with van der Waals surface area (Å²) in [4.78, 5) is 21.9. The van der Waals surface area contributed by atoms with Gasteiger partial charge in [-0.3, -0.25) is 4.79 Å². The van der Waals surface area contributed by atoms with Crippen LogP contribution in [0, 0.1) is 11.3 Å². The van der Waals surface area contributed by atoms with E-state index in [9.17, 15) is 10.1 Å². The number of thiophene rings is 2. The van der Waals surface area contributed by atoms with Crippen molar-refractivity contribution >= 4 is 40.3 Å². The van der Waals surface area contributed by atoms with E-state index in [1.54, 1.807) is 36.9 Å². The van der Waals surface area contributed by atoms with Crippen LogP contribution >= 0.6 is 34.4 Å². The molecule has 0 saturated heterocycles. The average molecular weight is 534 g/mol. The molecule has 0 unspecified atom stereocenters. The van der Waals surface area contributed by atoms with Crippen LogP contribution in [0.3, 0.4) is 0 Å². The van der Waals surface area contributed by atoms with Crippen LogP contribution in [0.4, 0.5) is 0 Å². The summed E-state index contributed by atoms with van der Waals surface area (Å²) in [6, 6.07) is 16.3. The summed E-state index contributed by atoms with van der Waals surface area (Å²) in [7, 11) is 3.24. The molecule has 182 valence electrons. The van der Waals surface area contributed by atoms with Crippen LogP contribution in [0.15, 0.2) is 58.3 Å². The summed E-state index contributed by atoms with van der Waals surface area (Å²) in [5.41, 5.74) is 4.41. The molecule has 4 heterocycles. The number of methoxy groups -OCH3 is 2. The van der Waals surface area contributed by atoms with Gasteiger partial charge in [0, 0.05) is 23.5 Å². The summed E-state index contributed by atoms with van der Waals surface area (Å²) in [6.07, 6.45) is 0.754. The van der Waals surface area contributed by atoms with Crippen LogP contribution in [0.2, 0.25) is 0 Å². The van der Waals surface area contributed by atoms with Crippen molar-refractivity contribution in [2.45, 2.75) is 18.0 Å². The highest BCUT2D eigenvalue weighted by Crippen LogP contribution is 2.38. The SMILES string of the molecule is COc1cc2c(cc1OC)CN(C(=O)CSc1nc(-c3cccs3)cc(-c3cccs3)c1C#N)CC2. The van der Waals surface area contributed by atoms with Gasteiger partial charge < -0.3 is 14.4 Å². The van der Waals surface area contributed by atoms with Crippen molar-refractivity contribution in [3.05, 3.63) is 69.9 Å². The molecule has 1 aliphatic rings. The maximum absolute atomic E-state index is 13.2. The fraction of sp³-hybridized carbons (Fsp3) is 0.222. The Morgan fingerprint density at radius 3 is 2.42 bits per heavy atom. The highest BCUT2D eigenvalue weighted by Gasteiger charge is 2.24. The maximum Gasteiger partial charge on any atom is 0.233 e. The van der Waals surface area contributed by atoms with Gasteiger partial charge in [-0.1, -0.05) is 23.9 Å². The Hall–Kier alpha value is -3.32. The van der Waals surface area contributed by atoms with E-state index in [0.29, 0.717) is 35.2 Å². The number of rotatable bonds is 7. The Morgan fingerprint density at radius 2 is 1.78 bits per heavy atom. The Kier molecular flexibility index (Phi) is 7.28. The molecule has 5 rings (SSSR count). The quantitative estimate of drug-likeness (QED) is 0.267. The van der Waals surface area contributed by atoms with Gasteiger partial charge in [0.1, 0.15) is 11.1 Å². The van der Waals surface area contributed by atoms with Crippen molar-refractivity contribution in [3.8, 4) is 38.6 Å². The van der Waals surface area contributed by atoms with Gasteiger partial charge in [-0.05, 0) is 58.6 Å². The molecule has 0 N–H and O–H groups in total. The van der Waals surface area contributed by atoms with E-state index in [0.717, 1.165) is 33.0 Å². The van der Waals surface area contributed by atoms with Crippen molar-refractivity contribution in [1.82, 2.24) is 9.88 Å². The molecule has 1 aromatic carbocycles. The lowest BCUT2D eigenvalue weighted by Crippen LogP contribution is -2.37. The molecule has 4 aromatic rings. The molecule has 0 spiro atoms. The number of fused-ring (bicyclic) bond motifs is 1. The van der Waals surface area contributed by atoms with Gasteiger partial charge in [-0.25, -0.2) is 4.98 Å². The third-order valence-corrected chi connectivity index (χ3v) is 8.82. The minimum atomic E-state index is 0.0188. The highest BCUT2D eigenvalue weighted by atomic mass is 32.2. The number of hydrogen-bond acceptors (Lipinski definition) is 8. The first-order chi connectivity index (χ1) is 17.6. The van der Waals surface area contributed by atoms with Gasteiger partial charge in [0.15, 0.2) is 11.5 Å². The third-order valence-electron chi connectivity index (χ3n) is 6.06. The number of carbonyl (C=O) groups is 1. The summed E-state index contributed by atoms with van der Waals surface area (Å²) >= 11 is 4.52. The second-order valence-electron chi connectivity index (χ2n) is 8.13. The summed E-state index contributed by atoms with van der Waals surface area (Å²) in [5, 5.41) is 14.6. The van der Waals surface area contributed by atoms with Crippen molar-refractivity contribution in [2.24, 2.45) is 0 Å². The fourth-order valence-electron chi connectivity index (χ4n) is 4.23. The molecule has 36 heavy (non-hydrogen) atoms. The van der Waals surface area contributed by atoms with Gasteiger partial charge in [0.25, 0.3) is 0 Å². The normalized spacial score (nSPS) is 12.6. The smallest absolute Gasteiger partial charge is 0.233 e. The predicted octanol–water partition coefficient (Wildman–Crippen LogP) is 6.10. The second-order valence-corrected chi connectivity index (χ2v) is 11.0. The first-order valence-electron chi connectivity index (χ1n) is 11.3. The number of nitriles is 1. The lowest BCUT2D eigenvalue weighted by atomic mass is 9.99. The van der Waals surface area contributed by atoms with Crippen molar-refractivity contribution in [1.29, 1.82) is 5.26 Å². The molecule has 1 amide bonds. The van der Waals surface area contributed by atoms with Gasteiger partial charge in [-0.15, -0.1) is 22.7 Å². The predicted molar refractivity (Wildman–Crippen MR) is 145 cm³/mol. The van der Waals surface area contributed by atoms with Crippen LogP contribution in [0.25, 0.3) is 21.0 Å². The Balaban J connectivity index is 1.39. The van der Waals surface area contributed by atoms with Gasteiger partial charge in [0.2, 0.25) is 5.91 Å². The average Bonchev–Trinajstić information content (AvgIpc) is 3.65. The lowest BCUT2D eigenvalue weighted by molar-refractivity contribution is -0.129. The molecule has 0 saturated carbocycles. The summed E-state index contributed by atoms with van der Waals surface area (Å²) < 4.78 is 10.9. The second kappa shape index (κ2) is 10.7. The maximum atomic E-state index is 13.2. The van der Waals surface area contributed by atoms with E-state index in [1.807, 2.05) is 58.1 Å². The number of benzene rings is 1. The number of ether oxygens (including phenoxy) is 2. The summed E-state index contributed by atoms with van der Waals surface area (Å²) in [5.74, 6) is 1.59. The van der Waals surface area contributed by atoms with Gasteiger partial charge in [-0.2, -0.15) is 5.26 Å². The largest absolute Gasteiger partial charge is 0.493 e. The summed E-state index contributed by atoms with van der Waals surface area (Å²) in [6.45, 7) is 1.15. The van der Waals surface area contributed by atoms with Crippen LogP contribution in [0.5, 0.6) is 11.5 Å². The molecule has 0 bridgehead atoms. The van der Waals surface area contributed by atoms with Crippen LogP contribution in [-0.2, 0) is 17.8 Å². The number of nitrogens with zero attached hydrogens (tertiary/aromatic N) is 3. The van der Waals surface area contributed by atoms with E-state index in [2.05, 4.69) is 6.07 Å². The monoisotopic (exact) mass is 533 g/mol. The molecule has 6 nitrogen and oxygen atoms in total. The van der Waals surface area contributed by atoms with E-state index in [4.69, 9.17) is 14.5 Å². The van der Waals surface area contributed by atoms with E-state index >= 15 is 0 Å². The molecular formula is C27H23N3O3S3. The molecule has 9 heteroatoms. The number of amides is 1. The zero-order valence-electron chi connectivity index (χ0n) is 19.8. The van der Waals surface area contributed by atoms with Crippen LogP contribution < -0.4 is 9.47 Å². The number of carbonyl (C=O) groups excluding carboxylic acids is 1. The fourth-order valence-corrected chi connectivity index (χ4v) is 6.57. The van der Waals surface area contributed by atoms with E-state index < -0.39 is 0 Å². The Bertz CT molecular complexity index is 1430. The number of aromatic nitrogens is 1. The number of hydrogen-bond donors (Lipinski definition) is 0. The van der Waals surface area contributed by atoms with Crippen molar-refractivity contribution < 1.29 is 14.3 Å². The van der Waals surface area contributed by atoms with Crippen LogP contribution in [0.1, 0.15) is 16.7 Å². The number of pyridine rings is 1. The Morgan fingerprint density at radius 1 is 1.08 bits per heavy atom. The molecular weight excluding hydrogens is 511 g/mol. The van der Waals surface area contributed by atoms with Gasteiger partial charge >= 0.3 is 0 Å². The topological polar surface area (TPSA) is 75.5 Å². The first kappa shape index (κ1) is 24.4. The third kappa shape index (κ3) is 4.85. The molecule has 3 aromatic heterocycles. The standard InChI is InChI=1S/C27H23N3O3S3/c1-32-22-11-17-7-8-30(15-18(17)12-23(22)33-2)26(31)16-36-27-20(14-28)19(24-5-3-9-34-24)13-21(29-27)25-6-4-10-35-25/h3-6,9-13H,7-8,15-16H2,1-2H3.